The number of nitrogens with zero attached hydrogens (tertiary/aromatic N) is 3. The Morgan fingerprint density at radius 3 is 2.57 bits per heavy atom. The fourth-order valence-electron chi connectivity index (χ4n) is 2.64. The molecular formula is C19H23N5O4. The van der Waals surface area contributed by atoms with Gasteiger partial charge in [0.2, 0.25) is 6.10 Å². The van der Waals surface area contributed by atoms with Crippen molar-refractivity contribution in [1.82, 2.24) is 10.1 Å². The number of oxime groups is 1. The van der Waals surface area contributed by atoms with Gasteiger partial charge in [-0.05, 0) is 26.0 Å². The minimum absolute atomic E-state index is 0.137. The summed E-state index contributed by atoms with van der Waals surface area (Å²) >= 11 is 0. The number of amides is 3. The van der Waals surface area contributed by atoms with E-state index in [2.05, 4.69) is 20.9 Å². The average molecular weight is 385 g/mol. The minimum Gasteiger partial charge on any atom is -0.383 e. The number of aromatic nitrogens is 1. The van der Waals surface area contributed by atoms with Gasteiger partial charge in [0, 0.05) is 37.7 Å². The molecule has 2 N–H and O–H groups in total. The Hall–Kier alpha value is -3.36. The van der Waals surface area contributed by atoms with Gasteiger partial charge in [-0.1, -0.05) is 28.5 Å². The molecule has 1 saturated heterocycles. The summed E-state index contributed by atoms with van der Waals surface area (Å²) in [5.74, 6) is 0.577. The molecule has 1 unspecified atom stereocenters. The highest BCUT2D eigenvalue weighted by Crippen LogP contribution is 2.13. The number of piperidine rings is 1. The van der Waals surface area contributed by atoms with Crippen LogP contribution in [0.15, 0.2) is 46.1 Å². The highest BCUT2D eigenvalue weighted by Gasteiger charge is 2.21. The molecule has 0 bridgehead atoms. The van der Waals surface area contributed by atoms with Crippen molar-refractivity contribution in [2.45, 2.75) is 32.8 Å². The quantitative estimate of drug-likeness (QED) is 0.769. The molecule has 1 atom stereocenters. The Morgan fingerprint density at radius 1 is 1.21 bits per heavy atom. The Labute approximate surface area is 162 Å². The first-order chi connectivity index (χ1) is 13.5. The molecule has 0 aliphatic carbocycles. The first-order valence-corrected chi connectivity index (χ1v) is 9.08. The Kier molecular flexibility index (Phi) is 6.25. The number of para-hydroxylation sites is 1. The fraction of sp³-hybridized carbons (Fsp3) is 0.368. The molecule has 0 spiro atoms. The van der Waals surface area contributed by atoms with Crippen molar-refractivity contribution in [3.63, 3.8) is 0 Å². The summed E-state index contributed by atoms with van der Waals surface area (Å²) in [5.41, 5.74) is 1.58. The van der Waals surface area contributed by atoms with E-state index in [9.17, 15) is 9.59 Å². The SMILES string of the molecule is Cc1cc(NC(=O)C(C)ON=C2CCN(C(=O)Nc3ccccc3)CC2)no1. The van der Waals surface area contributed by atoms with E-state index in [4.69, 9.17) is 9.36 Å². The molecule has 1 aromatic heterocycles. The molecule has 148 valence electrons. The number of rotatable bonds is 5. The molecule has 1 fully saturated rings. The minimum atomic E-state index is -0.774. The molecular weight excluding hydrogens is 362 g/mol. The van der Waals surface area contributed by atoms with E-state index in [0.29, 0.717) is 37.5 Å². The molecule has 9 heteroatoms. The van der Waals surface area contributed by atoms with Crippen LogP contribution in [0.1, 0.15) is 25.5 Å². The van der Waals surface area contributed by atoms with Crippen molar-refractivity contribution in [3.05, 3.63) is 42.2 Å². The van der Waals surface area contributed by atoms with E-state index < -0.39 is 6.10 Å². The van der Waals surface area contributed by atoms with Crippen molar-refractivity contribution in [1.29, 1.82) is 0 Å². The van der Waals surface area contributed by atoms with E-state index in [1.807, 2.05) is 30.3 Å². The molecule has 1 aliphatic heterocycles. The van der Waals surface area contributed by atoms with Crippen molar-refractivity contribution in [2.24, 2.45) is 5.16 Å². The lowest BCUT2D eigenvalue weighted by Crippen LogP contribution is -2.41. The number of urea groups is 1. The van der Waals surface area contributed by atoms with Gasteiger partial charge >= 0.3 is 6.03 Å². The first-order valence-electron chi connectivity index (χ1n) is 9.08. The largest absolute Gasteiger partial charge is 0.383 e. The van der Waals surface area contributed by atoms with E-state index in [1.165, 1.54) is 0 Å². The van der Waals surface area contributed by atoms with Crippen LogP contribution in [0.2, 0.25) is 0 Å². The molecule has 9 nitrogen and oxygen atoms in total. The number of aryl methyl sites for hydroxylation is 1. The maximum atomic E-state index is 12.3. The highest BCUT2D eigenvalue weighted by molar-refractivity contribution is 5.93. The summed E-state index contributed by atoms with van der Waals surface area (Å²) in [4.78, 5) is 31.4. The second-order valence-corrected chi connectivity index (χ2v) is 6.50. The van der Waals surface area contributed by atoms with Gasteiger partial charge in [-0.2, -0.15) is 0 Å². The number of nitrogens with one attached hydrogen (secondary N) is 2. The summed E-state index contributed by atoms with van der Waals surface area (Å²) in [5, 5.41) is 13.2. The van der Waals surface area contributed by atoms with E-state index in [0.717, 1.165) is 11.4 Å². The van der Waals surface area contributed by atoms with Gasteiger partial charge in [0.05, 0.1) is 5.71 Å². The second kappa shape index (κ2) is 9.03. The van der Waals surface area contributed by atoms with E-state index in [1.54, 1.807) is 24.8 Å². The summed E-state index contributed by atoms with van der Waals surface area (Å²) in [6.45, 7) is 4.43. The molecule has 1 aromatic carbocycles. The molecule has 28 heavy (non-hydrogen) atoms. The third-order valence-corrected chi connectivity index (χ3v) is 4.24. The third kappa shape index (κ3) is 5.32. The summed E-state index contributed by atoms with van der Waals surface area (Å²) in [7, 11) is 0. The monoisotopic (exact) mass is 385 g/mol. The number of benzene rings is 1. The highest BCUT2D eigenvalue weighted by atomic mass is 16.6. The van der Waals surface area contributed by atoms with Crippen LogP contribution in [0, 0.1) is 6.92 Å². The Morgan fingerprint density at radius 2 is 1.93 bits per heavy atom. The summed E-state index contributed by atoms with van der Waals surface area (Å²) in [6.07, 6.45) is 0.418. The zero-order chi connectivity index (χ0) is 19.9. The van der Waals surface area contributed by atoms with Crippen molar-refractivity contribution in [3.8, 4) is 0 Å². The van der Waals surface area contributed by atoms with Gasteiger partial charge in [0.1, 0.15) is 5.76 Å². The normalized spacial score (nSPS) is 14.9. The molecule has 2 heterocycles. The lowest BCUT2D eigenvalue weighted by Gasteiger charge is -2.27. The Balaban J connectivity index is 1.43. The fourth-order valence-corrected chi connectivity index (χ4v) is 2.64. The van der Waals surface area contributed by atoms with Crippen LogP contribution in [0.25, 0.3) is 0 Å². The van der Waals surface area contributed by atoms with Gasteiger partial charge in [-0.25, -0.2) is 4.79 Å². The number of likely N-dealkylation sites (tertiary alicyclic amines) is 1. The van der Waals surface area contributed by atoms with Gasteiger partial charge in [0.25, 0.3) is 5.91 Å². The first kappa shape index (κ1) is 19.4. The number of anilines is 2. The van der Waals surface area contributed by atoms with Gasteiger partial charge in [-0.3, -0.25) is 4.79 Å². The summed E-state index contributed by atoms with van der Waals surface area (Å²) < 4.78 is 4.90. The smallest absolute Gasteiger partial charge is 0.321 e. The van der Waals surface area contributed by atoms with Crippen LogP contribution in [0.5, 0.6) is 0 Å². The van der Waals surface area contributed by atoms with Gasteiger partial charge in [0.15, 0.2) is 5.82 Å². The predicted octanol–water partition coefficient (Wildman–Crippen LogP) is 3.01. The number of hydrogen-bond acceptors (Lipinski definition) is 6. The van der Waals surface area contributed by atoms with Gasteiger partial charge < -0.3 is 24.9 Å². The van der Waals surface area contributed by atoms with Crippen molar-refractivity contribution < 1.29 is 18.9 Å². The molecule has 1 aliphatic rings. The molecule has 3 rings (SSSR count). The lowest BCUT2D eigenvalue weighted by molar-refractivity contribution is -0.126. The van der Waals surface area contributed by atoms with Crippen LogP contribution in [0.4, 0.5) is 16.3 Å². The van der Waals surface area contributed by atoms with Crippen LogP contribution in [0.3, 0.4) is 0 Å². The lowest BCUT2D eigenvalue weighted by atomic mass is 10.1. The van der Waals surface area contributed by atoms with Crippen LogP contribution in [-0.2, 0) is 9.63 Å². The molecule has 0 radical (unpaired) electrons. The Bertz CT molecular complexity index is 839. The number of carbonyl (C=O) groups is 2. The van der Waals surface area contributed by atoms with Gasteiger partial charge in [-0.15, -0.1) is 0 Å². The standard InChI is InChI=1S/C19H23N5O4/c1-13-12-17(23-27-13)21-18(25)14(2)28-22-16-8-10-24(11-9-16)19(26)20-15-6-4-3-5-7-15/h3-7,12,14H,8-11H2,1-2H3,(H,20,26)(H,21,23,25). The third-order valence-electron chi connectivity index (χ3n) is 4.24. The number of hydrogen-bond donors (Lipinski definition) is 2. The maximum absolute atomic E-state index is 12.3. The maximum Gasteiger partial charge on any atom is 0.321 e. The van der Waals surface area contributed by atoms with Crippen molar-refractivity contribution in [2.75, 3.05) is 23.7 Å². The van der Waals surface area contributed by atoms with Crippen LogP contribution in [-0.4, -0.2) is 46.9 Å². The van der Waals surface area contributed by atoms with Crippen molar-refractivity contribution >= 4 is 29.2 Å². The van der Waals surface area contributed by atoms with Crippen LogP contribution >= 0.6 is 0 Å². The number of carbonyl (C=O) groups excluding carboxylic acids is 2. The zero-order valence-corrected chi connectivity index (χ0v) is 15.8. The molecule has 3 amide bonds. The topological polar surface area (TPSA) is 109 Å². The molecule has 2 aromatic rings. The van der Waals surface area contributed by atoms with E-state index in [-0.39, 0.29) is 11.9 Å². The van der Waals surface area contributed by atoms with E-state index >= 15 is 0 Å². The zero-order valence-electron chi connectivity index (χ0n) is 15.8. The predicted molar refractivity (Wildman–Crippen MR) is 104 cm³/mol. The second-order valence-electron chi connectivity index (χ2n) is 6.50. The van der Waals surface area contributed by atoms with Crippen LogP contribution < -0.4 is 10.6 Å². The average Bonchev–Trinajstić information content (AvgIpc) is 3.11. The summed E-state index contributed by atoms with van der Waals surface area (Å²) in [6, 6.07) is 10.8. The molecule has 0 saturated carbocycles.